The molecule has 0 rings (SSSR count). The summed E-state index contributed by atoms with van der Waals surface area (Å²) in [6.07, 6.45) is 19.2. The largest absolute Gasteiger partial charge is 0.469 e. The molecule has 1 atom stereocenters. The van der Waals surface area contributed by atoms with Crippen LogP contribution in [0.1, 0.15) is 77.6 Å². The van der Waals surface area contributed by atoms with Crippen LogP contribution in [0.3, 0.4) is 0 Å². The van der Waals surface area contributed by atoms with Gasteiger partial charge in [0.05, 0.1) is 13.2 Å². The fraction of sp³-hybridized carbons (Fsp3) is 0.737. The van der Waals surface area contributed by atoms with Crippen LogP contribution in [0.4, 0.5) is 0 Å². The molecule has 0 aromatic rings. The van der Waals surface area contributed by atoms with Crippen molar-refractivity contribution >= 4 is 5.97 Å². The number of methoxy groups -OCH3 is 1. The number of hydrogen-bond donors (Lipinski definition) is 1. The Hall–Kier alpha value is -1.09. The minimum atomic E-state index is -0.203. The van der Waals surface area contributed by atoms with E-state index in [-0.39, 0.29) is 12.1 Å². The summed E-state index contributed by atoms with van der Waals surface area (Å²) in [5.74, 6) is -0.110. The maximum atomic E-state index is 10.9. The van der Waals surface area contributed by atoms with Gasteiger partial charge in [-0.2, -0.15) is 0 Å². The van der Waals surface area contributed by atoms with Crippen LogP contribution in [0.2, 0.25) is 0 Å². The van der Waals surface area contributed by atoms with Crippen molar-refractivity contribution in [2.75, 3.05) is 7.11 Å². The highest BCUT2D eigenvalue weighted by molar-refractivity contribution is 5.68. The second kappa shape index (κ2) is 16.3. The highest BCUT2D eigenvalue weighted by Gasteiger charge is 2.02. The molecule has 0 spiro atoms. The molecule has 128 valence electrons. The van der Waals surface area contributed by atoms with Gasteiger partial charge in [-0.25, -0.2) is 0 Å². The van der Waals surface area contributed by atoms with Crippen molar-refractivity contribution in [3.63, 3.8) is 0 Å². The monoisotopic (exact) mass is 310 g/mol. The van der Waals surface area contributed by atoms with E-state index in [0.717, 1.165) is 57.8 Å². The number of carbonyl (C=O) groups excluding carboxylic acids is 1. The smallest absolute Gasteiger partial charge is 0.305 e. The topological polar surface area (TPSA) is 46.5 Å². The highest BCUT2D eigenvalue weighted by Crippen LogP contribution is 2.11. The quantitative estimate of drug-likeness (QED) is 0.281. The van der Waals surface area contributed by atoms with Crippen molar-refractivity contribution < 1.29 is 14.6 Å². The molecular weight excluding hydrogens is 276 g/mol. The van der Waals surface area contributed by atoms with E-state index in [1.165, 1.54) is 13.5 Å². The number of hydrogen-bond acceptors (Lipinski definition) is 3. The van der Waals surface area contributed by atoms with Crippen LogP contribution in [0, 0.1) is 0 Å². The van der Waals surface area contributed by atoms with Gasteiger partial charge in [-0.05, 0) is 32.1 Å². The summed E-state index contributed by atoms with van der Waals surface area (Å²) < 4.78 is 4.61. The number of allylic oxidation sites excluding steroid dienone is 3. The molecule has 0 fully saturated rings. The number of unbranched alkanes of at least 4 members (excludes halogenated alkanes) is 5. The number of esters is 1. The van der Waals surface area contributed by atoms with E-state index in [1.807, 2.05) is 0 Å². The molecule has 0 aromatic carbocycles. The summed E-state index contributed by atoms with van der Waals surface area (Å²) in [5, 5.41) is 9.86. The fourth-order valence-corrected chi connectivity index (χ4v) is 2.27. The van der Waals surface area contributed by atoms with Crippen LogP contribution >= 0.6 is 0 Å². The summed E-state index contributed by atoms with van der Waals surface area (Å²) >= 11 is 0. The number of ether oxygens (including phenoxy) is 1. The Kier molecular flexibility index (Phi) is 15.5. The molecule has 3 heteroatoms. The molecule has 3 nitrogen and oxygen atoms in total. The third-order valence-electron chi connectivity index (χ3n) is 3.65. The predicted octanol–water partition coefficient (Wildman–Crippen LogP) is 4.94. The summed E-state index contributed by atoms with van der Waals surface area (Å²) in [6.45, 7) is 2.13. The van der Waals surface area contributed by atoms with Crippen molar-refractivity contribution in [1.29, 1.82) is 0 Å². The first-order valence-electron chi connectivity index (χ1n) is 8.75. The van der Waals surface area contributed by atoms with Gasteiger partial charge in [-0.1, -0.05) is 63.3 Å². The lowest BCUT2D eigenvalue weighted by molar-refractivity contribution is -0.140. The average Bonchev–Trinajstić information content (AvgIpc) is 2.52. The van der Waals surface area contributed by atoms with E-state index >= 15 is 0 Å². The van der Waals surface area contributed by atoms with Crippen molar-refractivity contribution in [1.82, 2.24) is 0 Å². The Bertz CT molecular complexity index is 308. The van der Waals surface area contributed by atoms with Gasteiger partial charge in [0.25, 0.3) is 0 Å². The van der Waals surface area contributed by atoms with Gasteiger partial charge in [0.2, 0.25) is 0 Å². The molecule has 0 heterocycles. The first-order valence-corrected chi connectivity index (χ1v) is 8.75. The summed E-state index contributed by atoms with van der Waals surface area (Å²) in [7, 11) is 1.44. The van der Waals surface area contributed by atoms with Gasteiger partial charge in [0, 0.05) is 6.42 Å². The normalized spacial score (nSPS) is 13.0. The van der Waals surface area contributed by atoms with Gasteiger partial charge in [0.15, 0.2) is 0 Å². The SMILES string of the molecule is CC/C=C/C/C=C/CC(O)CCCCCCCCC(=O)OC. The van der Waals surface area contributed by atoms with E-state index < -0.39 is 0 Å². The molecule has 1 unspecified atom stereocenters. The van der Waals surface area contributed by atoms with Gasteiger partial charge in [0.1, 0.15) is 0 Å². The number of aliphatic hydroxyl groups excluding tert-OH is 1. The highest BCUT2D eigenvalue weighted by atomic mass is 16.5. The minimum absolute atomic E-state index is 0.110. The van der Waals surface area contributed by atoms with E-state index in [0.29, 0.717) is 6.42 Å². The summed E-state index contributed by atoms with van der Waals surface area (Å²) in [6, 6.07) is 0. The first-order chi connectivity index (χ1) is 10.7. The molecule has 0 saturated carbocycles. The molecular formula is C19H34O3. The Labute approximate surface area is 136 Å². The molecule has 0 saturated heterocycles. The Morgan fingerprint density at radius 1 is 1.00 bits per heavy atom. The van der Waals surface area contributed by atoms with Gasteiger partial charge in [-0.15, -0.1) is 0 Å². The third kappa shape index (κ3) is 15.3. The van der Waals surface area contributed by atoms with Crippen molar-refractivity contribution in [3.8, 4) is 0 Å². The number of carbonyl (C=O) groups is 1. The standard InChI is InChI=1S/C19H34O3/c1-3-4-5-6-9-12-15-18(20)16-13-10-7-8-11-14-17-19(21)22-2/h4-5,9,12,18,20H,3,6-8,10-11,13-17H2,1-2H3/b5-4+,12-9+. The molecule has 0 amide bonds. The Balaban J connectivity index is 3.33. The lowest BCUT2D eigenvalue weighted by Crippen LogP contribution is -2.04. The minimum Gasteiger partial charge on any atom is -0.469 e. The lowest BCUT2D eigenvalue weighted by Gasteiger charge is -2.07. The van der Waals surface area contributed by atoms with Crippen molar-refractivity contribution in [2.24, 2.45) is 0 Å². The van der Waals surface area contributed by atoms with Crippen LogP contribution in [0.5, 0.6) is 0 Å². The molecule has 0 radical (unpaired) electrons. The maximum absolute atomic E-state index is 10.9. The summed E-state index contributed by atoms with van der Waals surface area (Å²) in [4.78, 5) is 10.9. The zero-order valence-corrected chi connectivity index (χ0v) is 14.4. The van der Waals surface area contributed by atoms with Crippen LogP contribution < -0.4 is 0 Å². The van der Waals surface area contributed by atoms with Gasteiger partial charge in [-0.3, -0.25) is 4.79 Å². The second-order valence-corrected chi connectivity index (χ2v) is 5.71. The van der Waals surface area contributed by atoms with Crippen LogP contribution in [-0.2, 0) is 9.53 Å². The second-order valence-electron chi connectivity index (χ2n) is 5.71. The van der Waals surface area contributed by atoms with E-state index in [4.69, 9.17) is 0 Å². The summed E-state index contributed by atoms with van der Waals surface area (Å²) in [5.41, 5.74) is 0. The van der Waals surface area contributed by atoms with Crippen molar-refractivity contribution in [3.05, 3.63) is 24.3 Å². The predicted molar refractivity (Wildman–Crippen MR) is 92.8 cm³/mol. The third-order valence-corrected chi connectivity index (χ3v) is 3.65. The number of rotatable bonds is 14. The van der Waals surface area contributed by atoms with Crippen molar-refractivity contribution in [2.45, 2.75) is 83.7 Å². The molecule has 0 bridgehead atoms. The molecule has 22 heavy (non-hydrogen) atoms. The van der Waals surface area contributed by atoms with Crippen LogP contribution in [0.15, 0.2) is 24.3 Å². The molecule has 0 aromatic heterocycles. The van der Waals surface area contributed by atoms with E-state index in [2.05, 4.69) is 36.0 Å². The zero-order chi connectivity index (χ0) is 16.5. The van der Waals surface area contributed by atoms with Gasteiger partial charge < -0.3 is 9.84 Å². The fourth-order valence-electron chi connectivity index (χ4n) is 2.27. The molecule has 0 aliphatic rings. The van der Waals surface area contributed by atoms with E-state index in [9.17, 15) is 9.90 Å². The average molecular weight is 310 g/mol. The first kappa shape index (κ1) is 20.9. The maximum Gasteiger partial charge on any atom is 0.305 e. The van der Waals surface area contributed by atoms with E-state index in [1.54, 1.807) is 0 Å². The molecule has 1 N–H and O–H groups in total. The van der Waals surface area contributed by atoms with Crippen LogP contribution in [-0.4, -0.2) is 24.3 Å². The van der Waals surface area contributed by atoms with Gasteiger partial charge >= 0.3 is 5.97 Å². The Morgan fingerprint density at radius 3 is 2.32 bits per heavy atom. The molecule has 0 aliphatic heterocycles. The Morgan fingerprint density at radius 2 is 1.64 bits per heavy atom. The van der Waals surface area contributed by atoms with Crippen LogP contribution in [0.25, 0.3) is 0 Å². The zero-order valence-electron chi connectivity index (χ0n) is 14.4. The lowest BCUT2D eigenvalue weighted by atomic mass is 10.0. The number of aliphatic hydroxyl groups is 1. The molecule has 0 aliphatic carbocycles.